The van der Waals surface area contributed by atoms with Crippen molar-refractivity contribution < 1.29 is 24.8 Å². The van der Waals surface area contributed by atoms with Crippen LogP contribution in [0.1, 0.15) is 27.7 Å². The van der Waals surface area contributed by atoms with Crippen LogP contribution in [-0.4, -0.2) is 72.4 Å². The molecular formula is C63H46Cl3N9O5. The van der Waals surface area contributed by atoms with Gasteiger partial charge < -0.3 is 24.8 Å². The van der Waals surface area contributed by atoms with Crippen molar-refractivity contribution in [2.45, 2.75) is 39.9 Å². The number of hydrogen-bond acceptors (Lipinski definition) is 14. The van der Waals surface area contributed by atoms with Crippen LogP contribution in [0.15, 0.2) is 176 Å². The molecule has 0 fully saturated rings. The average Bonchev–Trinajstić information content (AvgIpc) is 3.47. The van der Waals surface area contributed by atoms with E-state index >= 15 is 0 Å². The minimum absolute atomic E-state index is 0.0184. The quantitative estimate of drug-likeness (QED) is 0.122. The summed E-state index contributed by atoms with van der Waals surface area (Å²) in [5, 5.41) is 44.0. The molecule has 0 radical (unpaired) electrons. The van der Waals surface area contributed by atoms with E-state index < -0.39 is 0 Å². The lowest BCUT2D eigenvalue weighted by Gasteiger charge is -2.14. The van der Waals surface area contributed by atoms with Crippen LogP contribution in [0.25, 0.3) is 110 Å². The zero-order valence-electron chi connectivity index (χ0n) is 43.2. The highest BCUT2D eigenvalue weighted by Gasteiger charge is 2.22. The van der Waals surface area contributed by atoms with E-state index in [9.17, 15) is 15.3 Å². The van der Waals surface area contributed by atoms with Crippen molar-refractivity contribution in [3.05, 3.63) is 192 Å². The topological polar surface area (TPSA) is 195 Å². The van der Waals surface area contributed by atoms with Crippen molar-refractivity contribution in [1.82, 2.24) is 44.9 Å². The van der Waals surface area contributed by atoms with Gasteiger partial charge in [0.1, 0.15) is 22.8 Å². The van der Waals surface area contributed by atoms with Gasteiger partial charge in [-0.05, 0) is 145 Å². The summed E-state index contributed by atoms with van der Waals surface area (Å²) >= 11 is 18.0. The number of nitrogens with zero attached hydrogens (tertiary/aromatic N) is 9. The summed E-state index contributed by atoms with van der Waals surface area (Å²) in [6, 6.07) is 57.6. The molecule has 0 amide bonds. The summed E-state index contributed by atoms with van der Waals surface area (Å²) in [5.41, 5.74) is 2.54. The Hall–Kier alpha value is -9.34. The highest BCUT2D eigenvalue weighted by Crippen LogP contribution is 2.42. The Morgan fingerprint density at radius 1 is 0.325 bits per heavy atom. The van der Waals surface area contributed by atoms with Gasteiger partial charge in [-0.15, -0.1) is 0 Å². The number of hydrogen-bond donors (Lipinski definition) is 3. The molecule has 0 aliphatic heterocycles. The molecule has 0 aliphatic rings. The second-order valence-electron chi connectivity index (χ2n) is 18.9. The molecule has 3 aromatic heterocycles. The maximum absolute atomic E-state index is 10.4. The summed E-state index contributed by atoms with van der Waals surface area (Å²) in [4.78, 5) is 38.6. The predicted molar refractivity (Wildman–Crippen MR) is 318 cm³/mol. The van der Waals surface area contributed by atoms with E-state index in [0.717, 1.165) is 82.7 Å². The van der Waals surface area contributed by atoms with Gasteiger partial charge in [0.2, 0.25) is 15.9 Å². The Balaban J connectivity index is 0.000000130. The van der Waals surface area contributed by atoms with Gasteiger partial charge in [0.25, 0.3) is 0 Å². The van der Waals surface area contributed by atoms with Gasteiger partial charge in [-0.25, -0.2) is 4.98 Å². The molecule has 0 atom stereocenters. The number of aromatic hydroxyl groups is 3. The molecule has 80 heavy (non-hydrogen) atoms. The average molecular weight is 1120 g/mol. The molecule has 3 N–H and O–H groups in total. The summed E-state index contributed by atoms with van der Waals surface area (Å²) in [5.74, 6) is 0.367. The van der Waals surface area contributed by atoms with E-state index in [-0.39, 0.29) is 68.7 Å². The molecule has 0 saturated heterocycles. The van der Waals surface area contributed by atoms with Crippen molar-refractivity contribution in [3.63, 3.8) is 0 Å². The first-order valence-corrected chi connectivity index (χ1v) is 26.4. The van der Waals surface area contributed by atoms with E-state index in [1.165, 1.54) is 10.8 Å². The lowest BCUT2D eigenvalue weighted by molar-refractivity contribution is 0.221. The predicted octanol–water partition coefficient (Wildman–Crippen LogP) is 15.9. The largest absolute Gasteiger partial charge is 0.508 e. The van der Waals surface area contributed by atoms with Gasteiger partial charge in [-0.1, -0.05) is 146 Å². The first-order valence-electron chi connectivity index (χ1n) is 25.3. The zero-order chi connectivity index (χ0) is 55.6. The monoisotopic (exact) mass is 1110 g/mol. The fourth-order valence-electron chi connectivity index (χ4n) is 9.56. The molecule has 0 saturated carbocycles. The Morgan fingerprint density at radius 2 is 0.625 bits per heavy atom. The maximum Gasteiger partial charge on any atom is 0.321 e. The van der Waals surface area contributed by atoms with Crippen LogP contribution in [-0.2, 0) is 0 Å². The Labute approximate surface area is 473 Å². The lowest BCUT2D eigenvalue weighted by atomic mass is 9.97. The summed E-state index contributed by atoms with van der Waals surface area (Å²) in [7, 11) is 0. The molecule has 0 bridgehead atoms. The number of fused-ring (bicyclic) bond motifs is 9. The molecule has 394 valence electrons. The minimum Gasteiger partial charge on any atom is -0.508 e. The molecule has 0 unspecified atom stereocenters. The Bertz CT molecular complexity index is 4470. The lowest BCUT2D eigenvalue weighted by Crippen LogP contribution is -2.10. The first-order chi connectivity index (χ1) is 38.7. The standard InChI is InChI=1S/C26H21N3O4.C20H16ClN3O.C17H9Cl2N3/c1-14(2)33-26-28-24(27-25(29-26)23-21(31)12-16(30)13-22(23)32)20-11-15-7-3-4-8-17(15)18-9-5-6-10-19(18)20;1-12(2)25-20-23-18(22-19(21)24-20)17-11-13-7-3-4-8-14(13)15-9-5-6-10-16(15)17;18-16-20-15(21-17(19)22-16)14-9-10-5-1-2-6-11(10)12-7-3-4-8-13(12)14/h3-14,30-32H,1-2H3;3-12H,1-2H3;1-9H. The summed E-state index contributed by atoms with van der Waals surface area (Å²) in [6.45, 7) is 7.54. The zero-order valence-corrected chi connectivity index (χ0v) is 45.5. The van der Waals surface area contributed by atoms with Crippen LogP contribution >= 0.6 is 34.8 Å². The highest BCUT2D eigenvalue weighted by molar-refractivity contribution is 6.31. The fraction of sp³-hybridized carbons (Fsp3) is 0.0952. The number of benzene rings is 10. The number of phenols is 3. The van der Waals surface area contributed by atoms with Gasteiger partial charge in [0.15, 0.2) is 23.3 Å². The molecule has 0 spiro atoms. The van der Waals surface area contributed by atoms with E-state index in [4.69, 9.17) is 44.3 Å². The van der Waals surface area contributed by atoms with Crippen LogP contribution in [0.2, 0.25) is 15.9 Å². The van der Waals surface area contributed by atoms with Gasteiger partial charge >= 0.3 is 12.0 Å². The summed E-state index contributed by atoms with van der Waals surface area (Å²) in [6.07, 6.45) is -0.247. The van der Waals surface area contributed by atoms with E-state index in [2.05, 4.69) is 106 Å². The SMILES string of the molecule is CC(C)Oc1nc(-c2c(O)cc(O)cc2O)nc(-c2cc3ccccc3c3ccccc23)n1.CC(C)Oc1nc(Cl)nc(-c2cc3ccccc3c3ccccc23)n1.Clc1nc(Cl)nc(-c2cc3ccccc3c3ccccc23)n1. The third-order valence-corrected chi connectivity index (χ3v) is 13.3. The van der Waals surface area contributed by atoms with Crippen LogP contribution in [0.5, 0.6) is 29.3 Å². The molecular weight excluding hydrogens is 1070 g/mol. The second-order valence-corrected chi connectivity index (χ2v) is 20.0. The van der Waals surface area contributed by atoms with E-state index in [1.807, 2.05) is 131 Å². The maximum atomic E-state index is 10.4. The van der Waals surface area contributed by atoms with Crippen LogP contribution in [0.3, 0.4) is 0 Å². The normalized spacial score (nSPS) is 11.3. The molecule has 13 rings (SSSR count). The number of rotatable bonds is 8. The molecule has 17 heteroatoms. The van der Waals surface area contributed by atoms with Crippen molar-refractivity contribution in [2.24, 2.45) is 0 Å². The fourth-order valence-corrected chi connectivity index (χ4v) is 10.1. The van der Waals surface area contributed by atoms with Crippen LogP contribution in [0, 0.1) is 0 Å². The minimum atomic E-state index is -0.358. The van der Waals surface area contributed by atoms with Gasteiger partial charge in [-0.3, -0.25) is 0 Å². The third-order valence-electron chi connectivity index (χ3n) is 12.8. The van der Waals surface area contributed by atoms with Crippen molar-refractivity contribution >= 4 is 99.4 Å². The highest BCUT2D eigenvalue weighted by atomic mass is 35.5. The smallest absolute Gasteiger partial charge is 0.321 e. The molecule has 0 aliphatic carbocycles. The molecule has 3 heterocycles. The van der Waals surface area contributed by atoms with Crippen molar-refractivity contribution in [3.8, 4) is 74.8 Å². The van der Waals surface area contributed by atoms with Crippen LogP contribution < -0.4 is 9.47 Å². The van der Waals surface area contributed by atoms with E-state index in [1.54, 1.807) is 0 Å². The van der Waals surface area contributed by atoms with Crippen LogP contribution in [0.4, 0.5) is 0 Å². The van der Waals surface area contributed by atoms with Crippen molar-refractivity contribution in [1.29, 1.82) is 0 Å². The number of halogens is 3. The van der Waals surface area contributed by atoms with Crippen molar-refractivity contribution in [2.75, 3.05) is 0 Å². The molecule has 10 aromatic carbocycles. The first kappa shape index (κ1) is 52.7. The molecule has 14 nitrogen and oxygen atoms in total. The number of ether oxygens (including phenoxy) is 2. The summed E-state index contributed by atoms with van der Waals surface area (Å²) < 4.78 is 11.4. The Morgan fingerprint density at radius 3 is 1.01 bits per heavy atom. The number of aromatic nitrogens is 9. The Kier molecular flexibility index (Phi) is 14.9. The van der Waals surface area contributed by atoms with E-state index in [0.29, 0.717) is 17.5 Å². The second kappa shape index (κ2) is 22.6. The van der Waals surface area contributed by atoms with Gasteiger partial charge in [-0.2, -0.15) is 39.9 Å². The third kappa shape index (κ3) is 11.0. The van der Waals surface area contributed by atoms with Gasteiger partial charge in [0.05, 0.1) is 12.2 Å². The van der Waals surface area contributed by atoms with Gasteiger partial charge in [0, 0.05) is 28.8 Å². The molecule has 13 aromatic rings. The number of phenolic OH excluding ortho intramolecular Hbond substituents is 3.